The van der Waals surface area contributed by atoms with Crippen LogP contribution < -0.4 is 5.32 Å². The van der Waals surface area contributed by atoms with E-state index in [-0.39, 0.29) is 17.4 Å². The second-order valence-corrected chi connectivity index (χ2v) is 9.31. The summed E-state index contributed by atoms with van der Waals surface area (Å²) in [5.41, 5.74) is 3.20. The summed E-state index contributed by atoms with van der Waals surface area (Å²) >= 11 is 1.13. The molecule has 31 heavy (non-hydrogen) atoms. The van der Waals surface area contributed by atoms with E-state index >= 15 is 0 Å². The maximum Gasteiger partial charge on any atom is 0.313 e. The molecule has 0 spiro atoms. The van der Waals surface area contributed by atoms with Gasteiger partial charge in [-0.25, -0.2) is 9.97 Å². The molecule has 2 bridgehead atoms. The number of carbonyl (C=O) groups excluding carboxylic acids is 1. The molecule has 0 saturated carbocycles. The largest absolute Gasteiger partial charge is 0.481 e. The first kappa shape index (κ1) is 21.8. The Morgan fingerprint density at radius 2 is 2.03 bits per heavy atom. The molecule has 164 valence electrons. The van der Waals surface area contributed by atoms with E-state index in [4.69, 9.17) is 10.1 Å². The van der Waals surface area contributed by atoms with Crippen LogP contribution in [0.1, 0.15) is 30.3 Å². The highest BCUT2D eigenvalue weighted by Gasteiger charge is 2.41. The Morgan fingerprint density at radius 3 is 2.74 bits per heavy atom. The lowest BCUT2D eigenvalue weighted by atomic mass is 9.74. The van der Waals surface area contributed by atoms with Crippen molar-refractivity contribution in [2.75, 3.05) is 31.1 Å². The van der Waals surface area contributed by atoms with Crippen LogP contribution in [-0.4, -0.2) is 69.0 Å². The molecule has 5 rings (SSSR count). The average molecular weight is 441 g/mol. The summed E-state index contributed by atoms with van der Waals surface area (Å²) in [7, 11) is 0. The molecule has 7 nitrogen and oxygen atoms in total. The maximum absolute atomic E-state index is 12.0. The van der Waals surface area contributed by atoms with E-state index in [9.17, 15) is 9.59 Å². The fourth-order valence-electron chi connectivity index (χ4n) is 4.74. The number of rotatable bonds is 8. The van der Waals surface area contributed by atoms with Crippen molar-refractivity contribution in [2.24, 2.45) is 5.92 Å². The third kappa shape index (κ3) is 5.43. The van der Waals surface area contributed by atoms with E-state index in [1.807, 2.05) is 25.1 Å². The molecule has 4 atom stereocenters. The number of amides is 1. The molecule has 8 heteroatoms. The van der Waals surface area contributed by atoms with Crippen LogP contribution in [-0.2, 0) is 9.59 Å². The van der Waals surface area contributed by atoms with Crippen LogP contribution in [0.3, 0.4) is 0 Å². The number of hydrogen-bond donors (Lipinski definition) is 2. The second-order valence-electron chi connectivity index (χ2n) is 8.32. The van der Waals surface area contributed by atoms with Crippen LogP contribution in [0.2, 0.25) is 0 Å². The zero-order chi connectivity index (χ0) is 21.8. The summed E-state index contributed by atoms with van der Waals surface area (Å²) in [6.07, 6.45) is 2.18. The quantitative estimate of drug-likeness (QED) is 0.651. The zero-order valence-electron chi connectivity index (χ0n) is 17.7. The number of aryl methyl sites for hydroxylation is 1. The minimum absolute atomic E-state index is 0.0456. The van der Waals surface area contributed by atoms with Crippen molar-refractivity contribution in [1.82, 2.24) is 20.2 Å². The number of nitrogens with zero attached hydrogens (tertiary/aromatic N) is 3. The molecule has 0 aliphatic carbocycles. The van der Waals surface area contributed by atoms with Crippen LogP contribution in [0, 0.1) is 12.8 Å². The van der Waals surface area contributed by atoms with Crippen molar-refractivity contribution in [3.05, 3.63) is 47.9 Å². The first-order chi connectivity index (χ1) is 15.0. The molecule has 1 aromatic carbocycles. The van der Waals surface area contributed by atoms with Gasteiger partial charge in [-0.05, 0) is 38.3 Å². The molecule has 3 aliphatic rings. The number of carboxylic acid groups (broad SMARTS) is 1. The lowest BCUT2D eigenvalue weighted by Gasteiger charge is -2.49. The van der Waals surface area contributed by atoms with Gasteiger partial charge in [0.15, 0.2) is 0 Å². The molecule has 2 aromatic rings. The standard InChI is InChI=1S/C23H28N4O3S/c1-15-25-20(16-5-3-2-4-6-16)10-21(26-15)19-12-27-8-7-17(19)9-18(27)11-24-22(28)13-31-14-23(29)30/h2-6,10,17-19H,7-9,11-14H2,1H3,(H,24,28)(H,29,30)/t17-,18+,19+/m0/s1. The number of piperidine rings is 3. The zero-order valence-corrected chi connectivity index (χ0v) is 18.5. The van der Waals surface area contributed by atoms with Gasteiger partial charge in [0, 0.05) is 36.3 Å². The molecule has 1 amide bonds. The normalized spacial score (nSPS) is 24.7. The Morgan fingerprint density at radius 1 is 1.23 bits per heavy atom. The Hall–Kier alpha value is -2.45. The number of aromatic nitrogens is 2. The van der Waals surface area contributed by atoms with Gasteiger partial charge in [-0.3, -0.25) is 14.5 Å². The third-order valence-corrected chi connectivity index (χ3v) is 7.10. The number of nitrogens with one attached hydrogen (secondary N) is 1. The number of benzene rings is 1. The molecule has 3 saturated heterocycles. The minimum atomic E-state index is -0.894. The Kier molecular flexibility index (Phi) is 6.87. The van der Waals surface area contributed by atoms with E-state index in [2.05, 4.69) is 33.4 Å². The molecular formula is C23H28N4O3S. The Bertz CT molecular complexity index is 940. The molecule has 4 heterocycles. The summed E-state index contributed by atoms with van der Waals surface area (Å²) in [6, 6.07) is 12.7. The van der Waals surface area contributed by atoms with Gasteiger partial charge < -0.3 is 10.4 Å². The van der Waals surface area contributed by atoms with Crippen LogP contribution >= 0.6 is 11.8 Å². The highest BCUT2D eigenvalue weighted by Crippen LogP contribution is 2.41. The van der Waals surface area contributed by atoms with Gasteiger partial charge in [0.25, 0.3) is 0 Å². The van der Waals surface area contributed by atoms with Gasteiger partial charge in [-0.1, -0.05) is 30.3 Å². The molecule has 3 aliphatic heterocycles. The number of thioether (sulfide) groups is 1. The SMILES string of the molecule is Cc1nc(-c2ccccc2)cc([C@@H]2CN3CC[C@H]2C[C@@H]3CNC(=O)CSCC(=O)O)n1. The van der Waals surface area contributed by atoms with E-state index in [0.717, 1.165) is 60.5 Å². The van der Waals surface area contributed by atoms with Crippen molar-refractivity contribution < 1.29 is 14.7 Å². The highest BCUT2D eigenvalue weighted by atomic mass is 32.2. The molecular weight excluding hydrogens is 412 g/mol. The van der Waals surface area contributed by atoms with Gasteiger partial charge in [0.2, 0.25) is 5.91 Å². The lowest BCUT2D eigenvalue weighted by Crippen LogP contribution is -2.56. The predicted octanol–water partition coefficient (Wildman–Crippen LogP) is 2.56. The number of carbonyl (C=O) groups is 2. The first-order valence-electron chi connectivity index (χ1n) is 10.7. The summed E-state index contributed by atoms with van der Waals surface area (Å²) < 4.78 is 0. The molecule has 1 aromatic heterocycles. The monoisotopic (exact) mass is 440 g/mol. The molecule has 2 N–H and O–H groups in total. The van der Waals surface area contributed by atoms with E-state index in [0.29, 0.717) is 24.4 Å². The van der Waals surface area contributed by atoms with Crippen molar-refractivity contribution in [1.29, 1.82) is 0 Å². The minimum Gasteiger partial charge on any atom is -0.481 e. The fourth-order valence-corrected chi connectivity index (χ4v) is 5.30. The van der Waals surface area contributed by atoms with Gasteiger partial charge in [0.05, 0.1) is 17.2 Å². The number of carboxylic acids is 1. The summed E-state index contributed by atoms with van der Waals surface area (Å²) in [5.74, 6) is 0.890. The second kappa shape index (κ2) is 9.78. The van der Waals surface area contributed by atoms with E-state index < -0.39 is 5.97 Å². The topological polar surface area (TPSA) is 95.4 Å². The predicted molar refractivity (Wildman–Crippen MR) is 121 cm³/mol. The smallest absolute Gasteiger partial charge is 0.313 e. The Balaban J connectivity index is 1.38. The number of fused-ring (bicyclic) bond motifs is 3. The van der Waals surface area contributed by atoms with Crippen LogP contribution in [0.4, 0.5) is 0 Å². The highest BCUT2D eigenvalue weighted by molar-refractivity contribution is 8.00. The van der Waals surface area contributed by atoms with Crippen molar-refractivity contribution >= 4 is 23.6 Å². The van der Waals surface area contributed by atoms with Crippen LogP contribution in [0.15, 0.2) is 36.4 Å². The van der Waals surface area contributed by atoms with Gasteiger partial charge >= 0.3 is 5.97 Å². The summed E-state index contributed by atoms with van der Waals surface area (Å²) in [5, 5.41) is 11.7. The van der Waals surface area contributed by atoms with Gasteiger partial charge in [-0.15, -0.1) is 11.8 Å². The number of hydrogen-bond acceptors (Lipinski definition) is 6. The molecule has 1 unspecified atom stereocenters. The lowest BCUT2D eigenvalue weighted by molar-refractivity contribution is -0.133. The first-order valence-corrected chi connectivity index (χ1v) is 11.9. The van der Waals surface area contributed by atoms with Crippen LogP contribution in [0.25, 0.3) is 11.3 Å². The fraction of sp³-hybridized carbons (Fsp3) is 0.478. The third-order valence-electron chi connectivity index (χ3n) is 6.18. The molecule has 3 fully saturated rings. The van der Waals surface area contributed by atoms with Crippen molar-refractivity contribution in [2.45, 2.75) is 31.7 Å². The van der Waals surface area contributed by atoms with Gasteiger partial charge in [0.1, 0.15) is 5.82 Å². The maximum atomic E-state index is 12.0. The number of aliphatic carboxylic acids is 1. The summed E-state index contributed by atoms with van der Waals surface area (Å²) in [4.78, 5) is 34.5. The van der Waals surface area contributed by atoms with E-state index in [1.54, 1.807) is 0 Å². The Labute approximate surface area is 186 Å². The average Bonchev–Trinajstić information content (AvgIpc) is 2.78. The van der Waals surface area contributed by atoms with Gasteiger partial charge in [-0.2, -0.15) is 0 Å². The van der Waals surface area contributed by atoms with Crippen molar-refractivity contribution in [3.63, 3.8) is 0 Å². The van der Waals surface area contributed by atoms with Crippen LogP contribution in [0.5, 0.6) is 0 Å². The summed E-state index contributed by atoms with van der Waals surface area (Å²) in [6.45, 7) is 4.57. The molecule has 0 radical (unpaired) electrons. The van der Waals surface area contributed by atoms with Crippen molar-refractivity contribution in [3.8, 4) is 11.3 Å². The van der Waals surface area contributed by atoms with E-state index in [1.165, 1.54) is 0 Å².